The van der Waals surface area contributed by atoms with Crippen LogP contribution in [0, 0.1) is 0 Å². The van der Waals surface area contributed by atoms with E-state index in [9.17, 15) is 0 Å². The molecule has 20 valence electrons. The van der Waals surface area contributed by atoms with Gasteiger partial charge in [0, 0.05) is 0 Å². The molecule has 0 fully saturated rings. The van der Waals surface area contributed by atoms with Crippen LogP contribution in [-0.2, 0) is 0 Å². The molecule has 0 atom stereocenters. The molecule has 2 heteroatoms. The predicted octanol–water partition coefficient (Wildman–Crippen LogP) is 0.968. The average molecular weight is 131 g/mol. The zero-order chi connectivity index (χ0) is 3.41. The van der Waals surface area contributed by atoms with Crippen molar-refractivity contribution in [2.45, 2.75) is 3.67 Å². The zero-order valence-corrected chi connectivity index (χ0v) is 6.38. The van der Waals surface area contributed by atoms with Crippen molar-refractivity contribution in [2.24, 2.45) is 0 Å². The molecule has 0 spiro atoms. The summed E-state index contributed by atoms with van der Waals surface area (Å²) in [7, 11) is 0. The van der Waals surface area contributed by atoms with Gasteiger partial charge in [0.25, 0.3) is 0 Å². The second-order valence-corrected chi connectivity index (χ2v) is 2.48. The minimum absolute atomic E-state index is 1.19. The Balaban J connectivity index is 1.97. The first-order valence-electron chi connectivity index (χ1n) is 1.47. The molecule has 4 heavy (non-hydrogen) atoms. The van der Waals surface area contributed by atoms with Gasteiger partial charge in [-0.15, -0.1) is 0 Å². The van der Waals surface area contributed by atoms with Gasteiger partial charge in [-0.25, -0.2) is 0 Å². The molecule has 0 saturated carbocycles. The predicted molar refractivity (Wildman–Crippen MR) is 24.4 cm³/mol. The summed E-state index contributed by atoms with van der Waals surface area (Å²) in [5, 5.41) is 1.19. The molecule has 0 aliphatic rings. The molecule has 0 saturated heterocycles. The fourth-order valence-electron chi connectivity index (χ4n) is 0. The standard InChI is InChI=1S/C2H4Br.Na/c1-2-3;/h1-2H2;. The molecule has 0 aliphatic carbocycles. The van der Waals surface area contributed by atoms with Crippen LogP contribution in [0.5, 0.6) is 0 Å². The Kier molecular flexibility index (Phi) is 6.14. The van der Waals surface area contributed by atoms with Gasteiger partial charge in [-0.05, 0) is 0 Å². The summed E-state index contributed by atoms with van der Waals surface area (Å²) in [4.78, 5) is 0. The van der Waals surface area contributed by atoms with Gasteiger partial charge >= 0.3 is 52.9 Å². The Hall–Kier alpha value is 1.48. The van der Waals surface area contributed by atoms with Crippen molar-refractivity contribution in [3.05, 3.63) is 0 Å². The van der Waals surface area contributed by atoms with Gasteiger partial charge in [0.2, 0.25) is 0 Å². The Labute approximate surface area is 52.5 Å². The molecule has 0 amide bonds. The van der Waals surface area contributed by atoms with Crippen LogP contribution in [0.4, 0.5) is 0 Å². The Morgan fingerprint density at radius 3 is 2.00 bits per heavy atom. The van der Waals surface area contributed by atoms with E-state index in [1.807, 2.05) is 0 Å². The Morgan fingerprint density at radius 2 is 2.00 bits per heavy atom. The topological polar surface area (TPSA) is 0 Å². The SMILES string of the molecule is [Na][CH2]CBr. The van der Waals surface area contributed by atoms with Crippen LogP contribution in [0.1, 0.15) is 0 Å². The average Bonchev–Trinajstić information content (AvgIpc) is 1.37. The van der Waals surface area contributed by atoms with Crippen LogP contribution in [0.3, 0.4) is 0 Å². The summed E-state index contributed by atoms with van der Waals surface area (Å²) in [6, 6.07) is 0. The van der Waals surface area contributed by atoms with Crippen molar-refractivity contribution < 1.29 is 0 Å². The van der Waals surface area contributed by atoms with Crippen molar-refractivity contribution in [3.8, 4) is 0 Å². The van der Waals surface area contributed by atoms with Crippen LogP contribution in [-0.4, -0.2) is 33.3 Å². The first kappa shape index (κ1) is 5.48. The quantitative estimate of drug-likeness (QED) is 0.367. The second-order valence-electron chi connectivity index (χ2n) is 0.689. The third-order valence-corrected chi connectivity index (χ3v) is 2.95. The molecule has 0 bridgehead atoms. The van der Waals surface area contributed by atoms with Crippen molar-refractivity contribution in [1.82, 2.24) is 0 Å². The van der Waals surface area contributed by atoms with Gasteiger partial charge in [-0.3, -0.25) is 0 Å². The minimum atomic E-state index is 1.19. The van der Waals surface area contributed by atoms with Gasteiger partial charge in [0.15, 0.2) is 0 Å². The number of rotatable bonds is 1. The van der Waals surface area contributed by atoms with Crippen LogP contribution in [0.15, 0.2) is 0 Å². The van der Waals surface area contributed by atoms with E-state index in [0.29, 0.717) is 0 Å². The van der Waals surface area contributed by atoms with Crippen molar-refractivity contribution in [1.29, 1.82) is 0 Å². The molecular weight excluding hydrogens is 127 g/mol. The molecule has 0 rings (SSSR count). The van der Waals surface area contributed by atoms with Crippen LogP contribution < -0.4 is 0 Å². The third kappa shape index (κ3) is 3.48. The van der Waals surface area contributed by atoms with Gasteiger partial charge < -0.3 is 0 Å². The first-order chi connectivity index (χ1) is 1.91. The number of hydrogen-bond acceptors (Lipinski definition) is 0. The third-order valence-electron chi connectivity index (χ3n) is 0.189. The first-order valence-corrected chi connectivity index (χ1v) is 4.01. The Bertz CT molecular complexity index is 8.00. The molecule has 0 radical (unpaired) electrons. The molecule has 0 aliphatic heterocycles. The summed E-state index contributed by atoms with van der Waals surface area (Å²) < 4.78 is 1.38. The number of halogens is 1. The molecular formula is C2H4BrNa. The molecule has 0 aromatic heterocycles. The molecule has 0 aromatic carbocycles. The van der Waals surface area contributed by atoms with E-state index in [1.165, 1.54) is 36.9 Å². The summed E-state index contributed by atoms with van der Waals surface area (Å²) in [6.45, 7) is 0. The Morgan fingerprint density at radius 1 is 1.75 bits per heavy atom. The monoisotopic (exact) mass is 130 g/mol. The molecule has 0 aromatic rings. The van der Waals surface area contributed by atoms with E-state index in [2.05, 4.69) is 15.9 Å². The van der Waals surface area contributed by atoms with Crippen molar-refractivity contribution >= 4 is 43.9 Å². The van der Waals surface area contributed by atoms with E-state index in [-0.39, 0.29) is 0 Å². The van der Waals surface area contributed by atoms with Gasteiger partial charge in [-0.1, -0.05) is 0 Å². The summed E-state index contributed by atoms with van der Waals surface area (Å²) in [5.74, 6) is 0. The van der Waals surface area contributed by atoms with Gasteiger partial charge in [-0.2, -0.15) is 0 Å². The summed E-state index contributed by atoms with van der Waals surface area (Å²) in [6.07, 6.45) is 0. The molecule has 0 unspecified atom stereocenters. The van der Waals surface area contributed by atoms with E-state index in [0.717, 1.165) is 0 Å². The summed E-state index contributed by atoms with van der Waals surface area (Å²) >= 11 is 4.63. The molecule has 0 heterocycles. The number of alkyl halides is 1. The van der Waals surface area contributed by atoms with E-state index >= 15 is 0 Å². The number of hydrogen-bond donors (Lipinski definition) is 0. The van der Waals surface area contributed by atoms with Crippen LogP contribution in [0.2, 0.25) is 3.67 Å². The van der Waals surface area contributed by atoms with E-state index < -0.39 is 0 Å². The fourth-order valence-corrected chi connectivity index (χ4v) is 0. The van der Waals surface area contributed by atoms with Crippen molar-refractivity contribution in [2.75, 3.05) is 5.33 Å². The fraction of sp³-hybridized carbons (Fsp3) is 1.00. The maximum absolute atomic E-state index is 3.28. The molecule has 0 nitrogen and oxygen atoms in total. The van der Waals surface area contributed by atoms with Crippen LogP contribution in [0.25, 0.3) is 0 Å². The van der Waals surface area contributed by atoms with Gasteiger partial charge in [0.1, 0.15) is 0 Å². The van der Waals surface area contributed by atoms with E-state index in [4.69, 9.17) is 0 Å². The van der Waals surface area contributed by atoms with Crippen molar-refractivity contribution in [3.63, 3.8) is 0 Å². The summed E-state index contributed by atoms with van der Waals surface area (Å²) in [5.41, 5.74) is 0. The molecule has 0 N–H and O–H groups in total. The van der Waals surface area contributed by atoms with E-state index in [1.54, 1.807) is 0 Å². The maximum atomic E-state index is 3.28. The second kappa shape index (κ2) is 4.48. The van der Waals surface area contributed by atoms with Gasteiger partial charge in [0.05, 0.1) is 0 Å². The normalized spacial score (nSPS) is 7.75. The van der Waals surface area contributed by atoms with Crippen LogP contribution >= 0.6 is 15.9 Å². The zero-order valence-electron chi connectivity index (χ0n) is 2.79.